The molecule has 1 unspecified atom stereocenters. The number of ether oxygens (including phenoxy) is 1. The van der Waals surface area contributed by atoms with Crippen LogP contribution in [0.5, 0.6) is 0 Å². The Hall–Kier alpha value is -0.460. The minimum atomic E-state index is -4.34. The summed E-state index contributed by atoms with van der Waals surface area (Å²) in [5, 5.41) is 0. The second-order valence-electron chi connectivity index (χ2n) is 7.51. The van der Waals surface area contributed by atoms with Crippen LogP contribution in [0.2, 0.25) is 0 Å². The van der Waals surface area contributed by atoms with E-state index in [4.69, 9.17) is 4.74 Å². The normalized spacial score (nSPS) is 13.3. The molecule has 0 saturated carbocycles. The molecule has 0 rings (SSSR count). The molecule has 0 aliphatic rings. The highest BCUT2D eigenvalue weighted by Crippen LogP contribution is 2.43. The van der Waals surface area contributed by atoms with Gasteiger partial charge < -0.3 is 9.63 Å². The molecule has 0 spiro atoms. The van der Waals surface area contributed by atoms with Gasteiger partial charge in [-0.05, 0) is 12.8 Å². The first-order valence-electron chi connectivity index (χ1n) is 11.4. The standard InChI is InChI=1S/C21H43O7P/c1-3-4-5-6-7-8-9-10-11-12-13-14-15-16-18-25-19-17-20-26-29(23,24)28-27-21(2)22/h3-20H2,1-2H3,(H,23,24). The summed E-state index contributed by atoms with van der Waals surface area (Å²) in [5.74, 6) is -0.820. The zero-order valence-corrected chi connectivity index (χ0v) is 19.5. The van der Waals surface area contributed by atoms with E-state index in [1.54, 1.807) is 0 Å². The van der Waals surface area contributed by atoms with Gasteiger partial charge in [0.05, 0.1) is 6.61 Å². The number of carbonyl (C=O) groups excluding carboxylic acids is 1. The highest BCUT2D eigenvalue weighted by Gasteiger charge is 2.23. The molecule has 0 amide bonds. The van der Waals surface area contributed by atoms with Gasteiger partial charge in [0.25, 0.3) is 0 Å². The third-order valence-corrected chi connectivity index (χ3v) is 5.35. The quantitative estimate of drug-likeness (QED) is 0.0894. The summed E-state index contributed by atoms with van der Waals surface area (Å²) in [6.45, 7) is 4.46. The molecular formula is C21H43O7P. The average molecular weight is 439 g/mol. The van der Waals surface area contributed by atoms with E-state index < -0.39 is 13.8 Å². The molecule has 7 nitrogen and oxygen atoms in total. The maximum absolute atomic E-state index is 11.3. The molecule has 1 N–H and O–H groups in total. The first-order chi connectivity index (χ1) is 14.0. The Morgan fingerprint density at radius 1 is 0.724 bits per heavy atom. The zero-order valence-electron chi connectivity index (χ0n) is 18.6. The summed E-state index contributed by atoms with van der Waals surface area (Å²) in [7, 11) is -4.34. The Morgan fingerprint density at radius 3 is 1.66 bits per heavy atom. The largest absolute Gasteiger partial charge is 0.508 e. The first kappa shape index (κ1) is 28.5. The molecule has 8 heteroatoms. The van der Waals surface area contributed by atoms with Crippen LogP contribution in [-0.2, 0) is 28.2 Å². The van der Waals surface area contributed by atoms with E-state index in [1.165, 1.54) is 83.5 Å². The number of rotatable bonds is 22. The lowest BCUT2D eigenvalue weighted by Gasteiger charge is -2.09. The molecule has 1 atom stereocenters. The number of hydrogen-bond acceptors (Lipinski definition) is 6. The Balaban J connectivity index is 3.19. The molecule has 0 fully saturated rings. The van der Waals surface area contributed by atoms with Crippen molar-refractivity contribution in [3.05, 3.63) is 0 Å². The van der Waals surface area contributed by atoms with Gasteiger partial charge in [0.15, 0.2) is 0 Å². The monoisotopic (exact) mass is 438 g/mol. The van der Waals surface area contributed by atoms with E-state index in [1.807, 2.05) is 0 Å². The fraction of sp³-hybridized carbons (Fsp3) is 0.952. The summed E-state index contributed by atoms with van der Waals surface area (Å²) in [4.78, 5) is 23.7. The smallest absolute Gasteiger partial charge is 0.381 e. The lowest BCUT2D eigenvalue weighted by Crippen LogP contribution is -2.04. The maximum Gasteiger partial charge on any atom is 0.508 e. The van der Waals surface area contributed by atoms with Crippen molar-refractivity contribution in [2.45, 2.75) is 110 Å². The Morgan fingerprint density at radius 2 is 1.17 bits per heavy atom. The second kappa shape index (κ2) is 20.8. The van der Waals surface area contributed by atoms with Crippen LogP contribution >= 0.6 is 7.82 Å². The summed E-state index contributed by atoms with van der Waals surface area (Å²) in [6.07, 6.45) is 19.1. The molecule has 0 aromatic carbocycles. The summed E-state index contributed by atoms with van der Waals surface area (Å²) in [6, 6.07) is 0. The summed E-state index contributed by atoms with van der Waals surface area (Å²) < 4.78 is 25.4. The first-order valence-corrected chi connectivity index (χ1v) is 12.9. The van der Waals surface area contributed by atoms with Crippen molar-refractivity contribution in [2.75, 3.05) is 19.8 Å². The molecule has 0 aliphatic heterocycles. The lowest BCUT2D eigenvalue weighted by molar-refractivity contribution is -0.221. The number of hydrogen-bond donors (Lipinski definition) is 1. The number of carbonyl (C=O) groups is 1. The van der Waals surface area contributed by atoms with Crippen LogP contribution in [0, 0.1) is 0 Å². The molecule has 29 heavy (non-hydrogen) atoms. The number of unbranched alkanes of at least 4 members (excludes halogenated alkanes) is 13. The summed E-state index contributed by atoms with van der Waals surface area (Å²) in [5.41, 5.74) is 0. The van der Waals surface area contributed by atoms with E-state index in [2.05, 4.69) is 21.0 Å². The highest BCUT2D eigenvalue weighted by atomic mass is 31.2. The van der Waals surface area contributed by atoms with Crippen molar-refractivity contribution in [3.63, 3.8) is 0 Å². The second-order valence-corrected chi connectivity index (χ2v) is 8.86. The molecule has 0 aliphatic carbocycles. The third kappa shape index (κ3) is 23.7. The van der Waals surface area contributed by atoms with Crippen molar-refractivity contribution >= 4 is 13.8 Å². The van der Waals surface area contributed by atoms with Gasteiger partial charge in [0, 0.05) is 20.1 Å². The van der Waals surface area contributed by atoms with E-state index in [-0.39, 0.29) is 6.61 Å². The Kier molecular flexibility index (Phi) is 20.5. The zero-order chi connectivity index (χ0) is 21.6. The lowest BCUT2D eigenvalue weighted by atomic mass is 10.0. The minimum absolute atomic E-state index is 0.00617. The number of phosphoric acid groups is 1. The average Bonchev–Trinajstić information content (AvgIpc) is 2.68. The van der Waals surface area contributed by atoms with E-state index in [0.717, 1.165) is 13.3 Å². The van der Waals surface area contributed by atoms with Crippen molar-refractivity contribution < 1.29 is 33.1 Å². The fourth-order valence-electron chi connectivity index (χ4n) is 2.96. The van der Waals surface area contributed by atoms with Gasteiger partial charge in [-0.15, -0.1) is 0 Å². The van der Waals surface area contributed by atoms with Gasteiger partial charge in [-0.1, -0.05) is 95.1 Å². The van der Waals surface area contributed by atoms with Crippen LogP contribution in [0.3, 0.4) is 0 Å². The van der Waals surface area contributed by atoms with E-state index in [0.29, 0.717) is 19.6 Å². The van der Waals surface area contributed by atoms with Gasteiger partial charge in [0.2, 0.25) is 0 Å². The van der Waals surface area contributed by atoms with Gasteiger partial charge in [0.1, 0.15) is 0 Å². The Bertz CT molecular complexity index is 418. The van der Waals surface area contributed by atoms with Crippen LogP contribution < -0.4 is 0 Å². The molecule has 0 heterocycles. The van der Waals surface area contributed by atoms with Gasteiger partial charge in [-0.3, -0.25) is 9.41 Å². The van der Waals surface area contributed by atoms with Crippen LogP contribution in [0.25, 0.3) is 0 Å². The molecule has 0 bridgehead atoms. The fourth-order valence-corrected chi connectivity index (χ4v) is 3.56. The van der Waals surface area contributed by atoms with Crippen molar-refractivity contribution in [1.82, 2.24) is 0 Å². The molecule has 0 aromatic heterocycles. The third-order valence-electron chi connectivity index (χ3n) is 4.58. The van der Waals surface area contributed by atoms with Crippen LogP contribution in [0.15, 0.2) is 0 Å². The van der Waals surface area contributed by atoms with Crippen molar-refractivity contribution in [3.8, 4) is 0 Å². The van der Waals surface area contributed by atoms with Crippen molar-refractivity contribution in [2.24, 2.45) is 0 Å². The molecule has 174 valence electrons. The molecular weight excluding hydrogens is 395 g/mol. The van der Waals surface area contributed by atoms with E-state index >= 15 is 0 Å². The van der Waals surface area contributed by atoms with Crippen LogP contribution in [0.1, 0.15) is 110 Å². The number of phosphoric ester groups is 1. The predicted molar refractivity (Wildman–Crippen MR) is 114 cm³/mol. The molecule has 0 radical (unpaired) electrons. The van der Waals surface area contributed by atoms with Gasteiger partial charge in [-0.2, -0.15) is 0 Å². The minimum Gasteiger partial charge on any atom is -0.381 e. The Labute approximate surface area is 177 Å². The van der Waals surface area contributed by atoms with E-state index in [9.17, 15) is 14.3 Å². The van der Waals surface area contributed by atoms with Gasteiger partial charge in [-0.25, -0.2) is 9.36 Å². The summed E-state index contributed by atoms with van der Waals surface area (Å²) >= 11 is 0. The molecule has 0 aromatic rings. The highest BCUT2D eigenvalue weighted by molar-refractivity contribution is 7.47. The predicted octanol–water partition coefficient (Wildman–Crippen LogP) is 6.49. The van der Waals surface area contributed by atoms with Crippen LogP contribution in [-0.4, -0.2) is 30.7 Å². The van der Waals surface area contributed by atoms with Crippen molar-refractivity contribution in [1.29, 1.82) is 0 Å². The van der Waals surface area contributed by atoms with Gasteiger partial charge >= 0.3 is 13.8 Å². The topological polar surface area (TPSA) is 91.3 Å². The maximum atomic E-state index is 11.3. The van der Waals surface area contributed by atoms with Crippen LogP contribution in [0.4, 0.5) is 0 Å². The molecule has 0 saturated heterocycles. The SMILES string of the molecule is CCCCCCCCCCCCCCCCOCCCOP(=O)(O)OOC(C)=O.